The van der Waals surface area contributed by atoms with Crippen LogP contribution in [0.3, 0.4) is 0 Å². The van der Waals surface area contributed by atoms with Gasteiger partial charge in [0.05, 0.1) is 35.1 Å². The second-order valence-electron chi connectivity index (χ2n) is 4.22. The standard InChI is InChI=1S/C14H17N3O2S/c1-3-19-14(18)10-4-5-13(12(15)6-10)17-8-11-7-16-9(2)20-11/h4-7,17H,3,8,15H2,1-2H3. The number of benzene rings is 1. The van der Waals surface area contributed by atoms with E-state index >= 15 is 0 Å². The van der Waals surface area contributed by atoms with Gasteiger partial charge in [-0.1, -0.05) is 0 Å². The summed E-state index contributed by atoms with van der Waals surface area (Å²) in [5, 5.41) is 4.27. The quantitative estimate of drug-likeness (QED) is 0.654. The van der Waals surface area contributed by atoms with Crippen molar-refractivity contribution in [3.05, 3.63) is 39.8 Å². The van der Waals surface area contributed by atoms with Crippen molar-refractivity contribution in [2.75, 3.05) is 17.7 Å². The lowest BCUT2D eigenvalue weighted by molar-refractivity contribution is 0.0526. The van der Waals surface area contributed by atoms with Gasteiger partial charge in [-0.15, -0.1) is 11.3 Å². The molecule has 0 aliphatic rings. The number of aryl methyl sites for hydroxylation is 1. The molecule has 2 aromatic rings. The van der Waals surface area contributed by atoms with Gasteiger partial charge in [-0.25, -0.2) is 9.78 Å². The number of nitrogens with one attached hydrogen (secondary N) is 1. The highest BCUT2D eigenvalue weighted by molar-refractivity contribution is 7.11. The van der Waals surface area contributed by atoms with Crippen molar-refractivity contribution in [2.24, 2.45) is 0 Å². The molecular formula is C14H17N3O2S. The molecule has 6 heteroatoms. The van der Waals surface area contributed by atoms with E-state index in [4.69, 9.17) is 10.5 Å². The molecular weight excluding hydrogens is 274 g/mol. The molecule has 5 nitrogen and oxygen atoms in total. The Bertz CT molecular complexity index is 610. The third-order valence-electron chi connectivity index (χ3n) is 2.68. The first kappa shape index (κ1) is 14.3. The number of carbonyl (C=O) groups is 1. The number of nitrogen functional groups attached to an aromatic ring is 1. The minimum absolute atomic E-state index is 0.351. The van der Waals surface area contributed by atoms with E-state index in [2.05, 4.69) is 10.3 Å². The van der Waals surface area contributed by atoms with Crippen LogP contribution in [0.2, 0.25) is 0 Å². The van der Waals surface area contributed by atoms with Crippen molar-refractivity contribution in [3.63, 3.8) is 0 Å². The summed E-state index contributed by atoms with van der Waals surface area (Å²) in [7, 11) is 0. The Balaban J connectivity index is 2.04. The number of hydrogen-bond donors (Lipinski definition) is 2. The monoisotopic (exact) mass is 291 g/mol. The van der Waals surface area contributed by atoms with E-state index in [1.807, 2.05) is 13.1 Å². The maximum atomic E-state index is 11.6. The maximum Gasteiger partial charge on any atom is 0.338 e. The largest absolute Gasteiger partial charge is 0.462 e. The molecule has 20 heavy (non-hydrogen) atoms. The van der Waals surface area contributed by atoms with E-state index < -0.39 is 0 Å². The molecule has 0 aliphatic heterocycles. The van der Waals surface area contributed by atoms with Crippen LogP contribution in [0.25, 0.3) is 0 Å². The smallest absolute Gasteiger partial charge is 0.338 e. The van der Waals surface area contributed by atoms with Crippen molar-refractivity contribution in [1.82, 2.24) is 4.98 Å². The number of nitrogens with zero attached hydrogens (tertiary/aromatic N) is 1. The topological polar surface area (TPSA) is 77.2 Å². The summed E-state index contributed by atoms with van der Waals surface area (Å²) in [6.07, 6.45) is 1.84. The van der Waals surface area contributed by atoms with Crippen molar-refractivity contribution in [2.45, 2.75) is 20.4 Å². The Kier molecular flexibility index (Phi) is 4.57. The van der Waals surface area contributed by atoms with E-state index in [-0.39, 0.29) is 5.97 Å². The van der Waals surface area contributed by atoms with Gasteiger partial charge in [-0.3, -0.25) is 0 Å². The second-order valence-corrected chi connectivity index (χ2v) is 5.54. The number of esters is 1. The molecule has 0 bridgehead atoms. The molecule has 3 N–H and O–H groups in total. The lowest BCUT2D eigenvalue weighted by Gasteiger charge is -2.09. The van der Waals surface area contributed by atoms with Crippen LogP contribution in [0.5, 0.6) is 0 Å². The lowest BCUT2D eigenvalue weighted by atomic mass is 10.1. The Morgan fingerprint density at radius 3 is 2.90 bits per heavy atom. The first-order valence-corrected chi connectivity index (χ1v) is 7.13. The van der Waals surface area contributed by atoms with Crippen LogP contribution < -0.4 is 11.1 Å². The zero-order chi connectivity index (χ0) is 14.5. The van der Waals surface area contributed by atoms with Gasteiger partial charge in [0.1, 0.15) is 0 Å². The molecule has 106 valence electrons. The summed E-state index contributed by atoms with van der Waals surface area (Å²) < 4.78 is 4.93. The normalized spacial score (nSPS) is 10.3. The lowest BCUT2D eigenvalue weighted by Crippen LogP contribution is -2.07. The molecule has 0 saturated heterocycles. The van der Waals surface area contributed by atoms with E-state index in [0.29, 0.717) is 24.4 Å². The summed E-state index contributed by atoms with van der Waals surface area (Å²) in [4.78, 5) is 16.9. The van der Waals surface area contributed by atoms with Crippen molar-refractivity contribution < 1.29 is 9.53 Å². The number of aromatic nitrogens is 1. The summed E-state index contributed by atoms with van der Waals surface area (Å²) >= 11 is 1.64. The van der Waals surface area contributed by atoms with E-state index in [0.717, 1.165) is 15.6 Å². The van der Waals surface area contributed by atoms with Crippen LogP contribution in [0.1, 0.15) is 27.2 Å². The van der Waals surface area contributed by atoms with Crippen LogP contribution in [-0.4, -0.2) is 17.6 Å². The number of carbonyl (C=O) groups excluding carboxylic acids is 1. The fourth-order valence-electron chi connectivity index (χ4n) is 1.73. The van der Waals surface area contributed by atoms with Crippen molar-refractivity contribution in [1.29, 1.82) is 0 Å². The SMILES string of the molecule is CCOC(=O)c1ccc(NCc2cnc(C)s2)c(N)c1. The number of hydrogen-bond acceptors (Lipinski definition) is 6. The Morgan fingerprint density at radius 2 is 2.30 bits per heavy atom. The number of thiazole rings is 1. The predicted molar refractivity (Wildman–Crippen MR) is 81.0 cm³/mol. The number of anilines is 2. The van der Waals surface area contributed by atoms with Gasteiger partial charge in [0.2, 0.25) is 0 Å². The molecule has 0 unspecified atom stereocenters. The van der Waals surface area contributed by atoms with E-state index in [1.165, 1.54) is 0 Å². The average molecular weight is 291 g/mol. The summed E-state index contributed by atoms with van der Waals surface area (Å²) in [5.74, 6) is -0.358. The molecule has 1 aromatic carbocycles. The van der Waals surface area contributed by atoms with E-state index in [1.54, 1.807) is 36.5 Å². The van der Waals surface area contributed by atoms with Crippen LogP contribution in [0.4, 0.5) is 11.4 Å². The fourth-order valence-corrected chi connectivity index (χ4v) is 2.47. The zero-order valence-corrected chi connectivity index (χ0v) is 12.3. The summed E-state index contributed by atoms with van der Waals surface area (Å²) in [6.45, 7) is 4.75. The number of ether oxygens (including phenoxy) is 1. The van der Waals surface area contributed by atoms with E-state index in [9.17, 15) is 4.79 Å². The molecule has 0 fully saturated rings. The third kappa shape index (κ3) is 3.48. The molecule has 1 aromatic heterocycles. The van der Waals surface area contributed by atoms with Crippen LogP contribution in [0, 0.1) is 6.92 Å². The second kappa shape index (κ2) is 6.38. The highest BCUT2D eigenvalue weighted by atomic mass is 32.1. The first-order chi connectivity index (χ1) is 9.60. The number of rotatable bonds is 5. The molecule has 0 spiro atoms. The highest BCUT2D eigenvalue weighted by Crippen LogP contribution is 2.22. The van der Waals surface area contributed by atoms with Gasteiger partial charge < -0.3 is 15.8 Å². The fraction of sp³-hybridized carbons (Fsp3) is 0.286. The Hall–Kier alpha value is -2.08. The van der Waals surface area contributed by atoms with Crippen molar-refractivity contribution in [3.8, 4) is 0 Å². The minimum atomic E-state index is -0.358. The zero-order valence-electron chi connectivity index (χ0n) is 11.5. The third-order valence-corrected chi connectivity index (χ3v) is 3.60. The van der Waals surface area contributed by atoms with Crippen LogP contribution in [0.15, 0.2) is 24.4 Å². The molecule has 0 radical (unpaired) electrons. The summed E-state index contributed by atoms with van der Waals surface area (Å²) in [6, 6.07) is 5.11. The van der Waals surface area contributed by atoms with Gasteiger partial charge in [-0.2, -0.15) is 0 Å². The van der Waals surface area contributed by atoms with Crippen molar-refractivity contribution >= 4 is 28.7 Å². The van der Waals surface area contributed by atoms with Crippen LogP contribution >= 0.6 is 11.3 Å². The minimum Gasteiger partial charge on any atom is -0.462 e. The molecule has 0 saturated carbocycles. The highest BCUT2D eigenvalue weighted by Gasteiger charge is 2.09. The predicted octanol–water partition coefficient (Wildman–Crippen LogP) is 2.82. The Morgan fingerprint density at radius 1 is 1.50 bits per heavy atom. The van der Waals surface area contributed by atoms with Gasteiger partial charge >= 0.3 is 5.97 Å². The maximum absolute atomic E-state index is 11.6. The molecule has 2 rings (SSSR count). The number of nitrogens with two attached hydrogens (primary N) is 1. The van der Waals surface area contributed by atoms with Gasteiger partial charge in [0.25, 0.3) is 0 Å². The van der Waals surface area contributed by atoms with Gasteiger partial charge in [0, 0.05) is 11.1 Å². The first-order valence-electron chi connectivity index (χ1n) is 6.32. The average Bonchev–Trinajstić information content (AvgIpc) is 2.83. The van der Waals surface area contributed by atoms with Gasteiger partial charge in [0.15, 0.2) is 0 Å². The molecule has 0 atom stereocenters. The summed E-state index contributed by atoms with van der Waals surface area (Å²) in [5.41, 5.74) is 7.72. The van der Waals surface area contributed by atoms with Crippen LogP contribution in [-0.2, 0) is 11.3 Å². The Labute approximate surface area is 121 Å². The molecule has 0 amide bonds. The molecule has 0 aliphatic carbocycles. The van der Waals surface area contributed by atoms with Gasteiger partial charge in [-0.05, 0) is 32.0 Å². The molecule has 1 heterocycles.